The Morgan fingerprint density at radius 1 is 1.27 bits per heavy atom. The van der Waals surface area contributed by atoms with E-state index in [2.05, 4.69) is 9.47 Å². The zero-order valence-electron chi connectivity index (χ0n) is 10.9. The van der Waals surface area contributed by atoms with Crippen LogP contribution in [-0.2, 0) is 19.1 Å². The fourth-order valence-electron chi connectivity index (χ4n) is 1.63. The number of hydrogen-bond donors (Lipinski definition) is 0. The first kappa shape index (κ1) is 15.7. The number of carboxylic acid groups (broad SMARTS) is 1. The van der Waals surface area contributed by atoms with Crippen molar-refractivity contribution >= 4 is 17.9 Å². The Bertz CT molecular complexity index is 597. The van der Waals surface area contributed by atoms with Crippen molar-refractivity contribution < 1.29 is 42.5 Å². The number of ether oxygens (including phenoxy) is 3. The van der Waals surface area contributed by atoms with E-state index in [0.29, 0.717) is 0 Å². The lowest BCUT2D eigenvalue weighted by atomic mass is 10.2. The highest BCUT2D eigenvalue weighted by atomic mass is 19.3. The largest absolute Gasteiger partial charge is 0.541 e. The van der Waals surface area contributed by atoms with Gasteiger partial charge in [-0.25, -0.2) is 9.59 Å². The van der Waals surface area contributed by atoms with Crippen LogP contribution in [0.25, 0.3) is 0 Å². The summed E-state index contributed by atoms with van der Waals surface area (Å²) in [4.78, 5) is 33.0. The van der Waals surface area contributed by atoms with Crippen LogP contribution in [-0.4, -0.2) is 36.7 Å². The van der Waals surface area contributed by atoms with Crippen molar-refractivity contribution in [3.8, 4) is 5.75 Å². The summed E-state index contributed by atoms with van der Waals surface area (Å²) in [6, 6.07) is 4.09. The van der Waals surface area contributed by atoms with Gasteiger partial charge in [0.2, 0.25) is 6.10 Å². The Hall–Kier alpha value is -2.71. The first-order valence-corrected chi connectivity index (χ1v) is 6.05. The Morgan fingerprint density at radius 3 is 2.41 bits per heavy atom. The van der Waals surface area contributed by atoms with Crippen LogP contribution in [0.1, 0.15) is 16.8 Å². The number of carboxylic acids is 1. The zero-order chi connectivity index (χ0) is 16.3. The summed E-state index contributed by atoms with van der Waals surface area (Å²) in [5.74, 6) is -4.66. The van der Waals surface area contributed by atoms with Crippen LogP contribution in [0.5, 0.6) is 5.75 Å². The van der Waals surface area contributed by atoms with Crippen LogP contribution < -0.4 is 9.84 Å². The van der Waals surface area contributed by atoms with Crippen LogP contribution in [0.4, 0.5) is 8.78 Å². The van der Waals surface area contributed by atoms with Gasteiger partial charge >= 0.3 is 18.0 Å². The van der Waals surface area contributed by atoms with Crippen molar-refractivity contribution in [3.63, 3.8) is 0 Å². The van der Waals surface area contributed by atoms with Gasteiger partial charge in [0.25, 0.3) is 0 Å². The summed E-state index contributed by atoms with van der Waals surface area (Å²) in [6.07, 6.45) is -5.25. The molecule has 1 fully saturated rings. The fraction of sp³-hybridized carbons (Fsp3) is 0.308. The minimum absolute atomic E-state index is 0.0242. The first-order valence-electron chi connectivity index (χ1n) is 6.05. The van der Waals surface area contributed by atoms with Gasteiger partial charge in [-0.15, -0.1) is 0 Å². The molecule has 0 N–H and O–H groups in total. The second kappa shape index (κ2) is 5.96. The number of aliphatic carboxylic acids is 1. The van der Waals surface area contributed by atoms with Crippen molar-refractivity contribution in [3.05, 3.63) is 29.8 Å². The van der Waals surface area contributed by atoms with Crippen molar-refractivity contribution in [1.29, 1.82) is 0 Å². The predicted molar refractivity (Wildman–Crippen MR) is 61.8 cm³/mol. The average molecular weight is 315 g/mol. The van der Waals surface area contributed by atoms with Gasteiger partial charge < -0.3 is 24.1 Å². The fourth-order valence-corrected chi connectivity index (χ4v) is 1.63. The molecule has 0 spiro atoms. The normalized spacial score (nSPS) is 17.7. The number of rotatable bonds is 5. The molecule has 22 heavy (non-hydrogen) atoms. The molecule has 0 amide bonds. The summed E-state index contributed by atoms with van der Waals surface area (Å²) in [5.41, 5.74) is -0.0242. The predicted octanol–water partition coefficient (Wildman–Crippen LogP) is -0.120. The first-order chi connectivity index (χ1) is 10.3. The SMILES string of the molecule is O=C(OC1CCOC1=O)c1ccc(OC(F)(F)C(=O)[O-])cc1. The summed E-state index contributed by atoms with van der Waals surface area (Å²) >= 11 is 0. The lowest BCUT2D eigenvalue weighted by molar-refractivity contribution is -0.350. The Kier molecular flexibility index (Phi) is 4.25. The van der Waals surface area contributed by atoms with Gasteiger partial charge in [0.1, 0.15) is 5.75 Å². The number of halogens is 2. The van der Waals surface area contributed by atoms with Gasteiger partial charge in [-0.3, -0.25) is 0 Å². The molecule has 1 heterocycles. The molecule has 1 unspecified atom stereocenters. The number of carbonyl (C=O) groups excluding carboxylic acids is 3. The van der Waals surface area contributed by atoms with Crippen molar-refractivity contribution in [2.24, 2.45) is 0 Å². The number of esters is 2. The molecule has 2 rings (SSSR count). The molecule has 9 heteroatoms. The van der Waals surface area contributed by atoms with Gasteiger partial charge in [0.05, 0.1) is 12.2 Å². The second-order valence-corrected chi connectivity index (χ2v) is 4.28. The van der Waals surface area contributed by atoms with Crippen LogP contribution >= 0.6 is 0 Å². The number of carbonyl (C=O) groups is 3. The maximum atomic E-state index is 12.8. The lowest BCUT2D eigenvalue weighted by Gasteiger charge is -2.18. The van der Waals surface area contributed by atoms with Gasteiger partial charge in [-0.2, -0.15) is 8.78 Å². The van der Waals surface area contributed by atoms with Crippen LogP contribution in [0.15, 0.2) is 24.3 Å². The third-order valence-electron chi connectivity index (χ3n) is 2.71. The molecular formula is C13H9F2O7-. The number of cyclic esters (lactones) is 1. The topological polar surface area (TPSA) is 102 Å². The molecule has 0 saturated carbocycles. The maximum Gasteiger partial charge on any atom is 0.441 e. The summed E-state index contributed by atoms with van der Waals surface area (Å²) in [7, 11) is 0. The monoisotopic (exact) mass is 315 g/mol. The third kappa shape index (κ3) is 3.48. The number of hydrogen-bond acceptors (Lipinski definition) is 7. The van der Waals surface area contributed by atoms with Crippen LogP contribution in [0.3, 0.4) is 0 Å². The van der Waals surface area contributed by atoms with Crippen molar-refractivity contribution in [2.45, 2.75) is 18.6 Å². The van der Waals surface area contributed by atoms with E-state index in [0.717, 1.165) is 24.3 Å². The maximum absolute atomic E-state index is 12.8. The molecule has 0 radical (unpaired) electrons. The van der Waals surface area contributed by atoms with E-state index in [9.17, 15) is 28.3 Å². The molecular weight excluding hydrogens is 306 g/mol. The third-order valence-corrected chi connectivity index (χ3v) is 2.71. The summed E-state index contributed by atoms with van der Waals surface area (Å²) in [6.45, 7) is 0.155. The molecule has 1 aromatic rings. The van der Waals surface area contributed by atoms with Gasteiger partial charge in [-0.1, -0.05) is 0 Å². The highest BCUT2D eigenvalue weighted by molar-refractivity contribution is 5.91. The van der Waals surface area contributed by atoms with Crippen LogP contribution in [0.2, 0.25) is 0 Å². The molecule has 0 aliphatic carbocycles. The van der Waals surface area contributed by atoms with Gasteiger partial charge in [0.15, 0.2) is 5.97 Å². The number of benzene rings is 1. The van der Waals surface area contributed by atoms with Crippen molar-refractivity contribution in [2.75, 3.05) is 6.61 Å². The van der Waals surface area contributed by atoms with E-state index >= 15 is 0 Å². The number of alkyl halides is 2. The zero-order valence-corrected chi connectivity index (χ0v) is 10.9. The molecule has 1 aliphatic heterocycles. The second-order valence-electron chi connectivity index (χ2n) is 4.28. The lowest BCUT2D eigenvalue weighted by Crippen LogP contribution is -2.45. The molecule has 0 aromatic heterocycles. The minimum atomic E-state index is -4.49. The quantitative estimate of drug-likeness (QED) is 0.698. The Balaban J connectivity index is 2.01. The molecule has 1 aliphatic rings. The Labute approximate surface area is 122 Å². The van der Waals surface area contributed by atoms with E-state index in [-0.39, 0.29) is 18.6 Å². The highest BCUT2D eigenvalue weighted by Gasteiger charge is 2.34. The van der Waals surface area contributed by atoms with Crippen LogP contribution in [0, 0.1) is 0 Å². The van der Waals surface area contributed by atoms with E-state index < -0.39 is 35.9 Å². The minimum Gasteiger partial charge on any atom is -0.541 e. The molecule has 1 aromatic carbocycles. The standard InChI is InChI=1S/C13H10F2O7/c14-13(15,12(18)19)22-8-3-1-7(2-4-8)10(16)21-9-5-6-20-11(9)17/h1-4,9H,5-6H2,(H,18,19)/p-1. The molecule has 1 atom stereocenters. The van der Waals surface area contributed by atoms with Crippen molar-refractivity contribution in [1.82, 2.24) is 0 Å². The van der Waals surface area contributed by atoms with E-state index in [1.165, 1.54) is 0 Å². The van der Waals surface area contributed by atoms with E-state index in [1.54, 1.807) is 0 Å². The molecule has 1 saturated heterocycles. The Morgan fingerprint density at radius 2 is 1.91 bits per heavy atom. The van der Waals surface area contributed by atoms with E-state index in [1.807, 2.05) is 0 Å². The average Bonchev–Trinajstić information content (AvgIpc) is 2.84. The van der Waals surface area contributed by atoms with Gasteiger partial charge in [0, 0.05) is 6.42 Å². The smallest absolute Gasteiger partial charge is 0.441 e. The summed E-state index contributed by atoms with van der Waals surface area (Å²) in [5, 5.41) is 10.1. The molecule has 0 bridgehead atoms. The molecule has 118 valence electrons. The van der Waals surface area contributed by atoms with Gasteiger partial charge in [-0.05, 0) is 24.3 Å². The highest BCUT2D eigenvalue weighted by Crippen LogP contribution is 2.22. The summed E-state index contributed by atoms with van der Waals surface area (Å²) < 4.78 is 39.0. The molecule has 7 nitrogen and oxygen atoms in total. The van der Waals surface area contributed by atoms with E-state index in [4.69, 9.17) is 4.74 Å².